The average molecular weight is 446 g/mol. The molecule has 2 amide bonds. The topological polar surface area (TPSA) is 78.9 Å². The average Bonchev–Trinajstić information content (AvgIpc) is 3.27. The van der Waals surface area contributed by atoms with Crippen molar-refractivity contribution in [3.05, 3.63) is 89.2 Å². The molecule has 7 heteroatoms. The van der Waals surface area contributed by atoms with Gasteiger partial charge in [0.25, 0.3) is 0 Å². The van der Waals surface area contributed by atoms with E-state index < -0.39 is 0 Å². The number of anilines is 3. The molecule has 0 bridgehead atoms. The van der Waals surface area contributed by atoms with E-state index in [4.69, 9.17) is 0 Å². The largest absolute Gasteiger partial charge is 0.331 e. The maximum absolute atomic E-state index is 12.5. The lowest BCUT2D eigenvalue weighted by molar-refractivity contribution is 0.254. The Morgan fingerprint density at radius 2 is 2.03 bits per heavy atom. The van der Waals surface area contributed by atoms with Gasteiger partial charge in [-0.3, -0.25) is 4.98 Å². The van der Waals surface area contributed by atoms with Crippen molar-refractivity contribution >= 4 is 33.9 Å². The molecule has 6 nitrogen and oxygen atoms in total. The molecule has 0 unspecified atom stereocenters. The summed E-state index contributed by atoms with van der Waals surface area (Å²) in [5.74, 6) is 0. The van der Waals surface area contributed by atoms with E-state index in [1.807, 2.05) is 87.7 Å². The Bertz CT molecular complexity index is 1160. The van der Waals surface area contributed by atoms with Gasteiger partial charge in [0.15, 0.2) is 5.13 Å². The van der Waals surface area contributed by atoms with E-state index in [2.05, 4.69) is 25.9 Å². The van der Waals surface area contributed by atoms with Crippen LogP contribution in [0.2, 0.25) is 0 Å². The summed E-state index contributed by atoms with van der Waals surface area (Å²) in [6.07, 6.45) is 11.2. The van der Waals surface area contributed by atoms with Crippen molar-refractivity contribution in [3.63, 3.8) is 0 Å². The normalized spacial score (nSPS) is 12.1. The third-order valence-corrected chi connectivity index (χ3v) is 5.46. The number of amides is 2. The number of nitrogens with zero attached hydrogens (tertiary/aromatic N) is 2. The van der Waals surface area contributed by atoms with Gasteiger partial charge in [0.2, 0.25) is 0 Å². The van der Waals surface area contributed by atoms with Gasteiger partial charge < -0.3 is 16.0 Å². The predicted octanol–water partition coefficient (Wildman–Crippen LogP) is 6.80. The summed E-state index contributed by atoms with van der Waals surface area (Å²) in [5, 5.41) is 11.9. The number of rotatable bonds is 7. The first-order valence-electron chi connectivity index (χ1n) is 10.3. The molecule has 3 rings (SSSR count). The lowest BCUT2D eigenvalue weighted by Crippen LogP contribution is -2.28. The van der Waals surface area contributed by atoms with Gasteiger partial charge in [0.1, 0.15) is 0 Å². The number of carbonyl (C=O) groups excluding carboxylic acids is 1. The van der Waals surface area contributed by atoms with Crippen LogP contribution >= 0.6 is 11.3 Å². The fourth-order valence-corrected chi connectivity index (χ4v) is 3.67. The van der Waals surface area contributed by atoms with E-state index in [-0.39, 0.29) is 6.03 Å². The number of nitrogens with one attached hydrogen (secondary N) is 3. The van der Waals surface area contributed by atoms with Crippen LogP contribution in [0.4, 0.5) is 21.3 Å². The van der Waals surface area contributed by atoms with Crippen molar-refractivity contribution < 1.29 is 4.79 Å². The molecule has 2 heterocycles. The zero-order valence-electron chi connectivity index (χ0n) is 18.6. The highest BCUT2D eigenvalue weighted by Gasteiger charge is 2.10. The first-order chi connectivity index (χ1) is 15.5. The van der Waals surface area contributed by atoms with E-state index in [1.165, 1.54) is 11.3 Å². The minimum absolute atomic E-state index is 0.297. The molecule has 0 saturated carbocycles. The highest BCUT2D eigenvalue weighted by molar-refractivity contribution is 7.14. The van der Waals surface area contributed by atoms with Crippen LogP contribution in [-0.2, 0) is 0 Å². The van der Waals surface area contributed by atoms with Gasteiger partial charge in [-0.25, -0.2) is 9.78 Å². The summed E-state index contributed by atoms with van der Waals surface area (Å²) in [7, 11) is 0. The zero-order valence-corrected chi connectivity index (χ0v) is 19.5. The molecule has 3 aromatic rings. The van der Waals surface area contributed by atoms with Crippen LogP contribution in [0.5, 0.6) is 0 Å². The molecule has 2 aromatic heterocycles. The zero-order chi connectivity index (χ0) is 22.9. The summed E-state index contributed by atoms with van der Waals surface area (Å²) in [4.78, 5) is 21.3. The SMILES string of the molecule is C\C=C/C=C(C)\C(=C/C)NC(=O)Nc1ccc(C)c(Nc2nc(-c3cccnc3)cs2)c1. The van der Waals surface area contributed by atoms with Crippen molar-refractivity contribution in [2.45, 2.75) is 27.7 Å². The number of hydrogen-bond acceptors (Lipinski definition) is 5. The lowest BCUT2D eigenvalue weighted by atomic mass is 10.2. The van der Waals surface area contributed by atoms with E-state index in [9.17, 15) is 4.79 Å². The number of allylic oxidation sites excluding steroid dienone is 5. The lowest BCUT2D eigenvalue weighted by Gasteiger charge is -2.13. The van der Waals surface area contributed by atoms with Crippen LogP contribution in [0.3, 0.4) is 0 Å². The van der Waals surface area contributed by atoms with Crippen LogP contribution in [0.1, 0.15) is 26.3 Å². The Balaban J connectivity index is 1.69. The van der Waals surface area contributed by atoms with Crippen LogP contribution < -0.4 is 16.0 Å². The highest BCUT2D eigenvalue weighted by Crippen LogP contribution is 2.29. The van der Waals surface area contributed by atoms with E-state index in [0.29, 0.717) is 5.69 Å². The van der Waals surface area contributed by atoms with Gasteiger partial charge in [-0.2, -0.15) is 0 Å². The molecule has 0 saturated heterocycles. The molecular weight excluding hydrogens is 418 g/mol. The van der Waals surface area contributed by atoms with Crippen LogP contribution in [0.15, 0.2) is 83.7 Å². The van der Waals surface area contributed by atoms with E-state index in [1.54, 1.807) is 12.4 Å². The van der Waals surface area contributed by atoms with E-state index >= 15 is 0 Å². The van der Waals surface area contributed by atoms with Crippen molar-refractivity contribution in [1.82, 2.24) is 15.3 Å². The fraction of sp³-hybridized carbons (Fsp3) is 0.160. The third-order valence-electron chi connectivity index (χ3n) is 4.70. The molecule has 0 aliphatic heterocycles. The van der Waals surface area contributed by atoms with E-state index in [0.717, 1.165) is 38.9 Å². The molecule has 0 fully saturated rings. The quantitative estimate of drug-likeness (QED) is 0.349. The van der Waals surface area contributed by atoms with Crippen molar-refractivity contribution in [3.8, 4) is 11.3 Å². The van der Waals surface area contributed by atoms with Gasteiger partial charge in [-0.05, 0) is 63.1 Å². The van der Waals surface area contributed by atoms with Crippen molar-refractivity contribution in [2.24, 2.45) is 0 Å². The summed E-state index contributed by atoms with van der Waals surface area (Å²) in [6.45, 7) is 7.81. The summed E-state index contributed by atoms with van der Waals surface area (Å²) < 4.78 is 0. The summed E-state index contributed by atoms with van der Waals surface area (Å²) in [5.41, 5.74) is 6.19. The number of pyridine rings is 1. The van der Waals surface area contributed by atoms with Crippen LogP contribution in [-0.4, -0.2) is 16.0 Å². The number of carbonyl (C=O) groups is 1. The number of thiazole rings is 1. The summed E-state index contributed by atoms with van der Waals surface area (Å²) >= 11 is 1.52. The number of hydrogen-bond donors (Lipinski definition) is 3. The van der Waals surface area contributed by atoms with Gasteiger partial charge in [-0.15, -0.1) is 11.3 Å². The maximum Gasteiger partial charge on any atom is 0.323 e. The first-order valence-corrected chi connectivity index (χ1v) is 11.2. The predicted molar refractivity (Wildman–Crippen MR) is 134 cm³/mol. The molecule has 0 aliphatic carbocycles. The standard InChI is InChI=1S/C25H27N5OS/c1-5-7-9-17(3)21(6-2)28-24(31)27-20-12-11-18(4)22(14-20)29-25-30-23(16-32-25)19-10-8-13-26-15-19/h5-16H,1-4H3,(H,29,30)(H2,27,28,31)/b7-5-,17-9-,21-6+. The second-order valence-corrected chi connectivity index (χ2v) is 7.95. The van der Waals surface area contributed by atoms with Gasteiger partial charge in [0, 0.05) is 40.4 Å². The smallest absolute Gasteiger partial charge is 0.323 e. The third kappa shape index (κ3) is 6.15. The maximum atomic E-state index is 12.5. The summed E-state index contributed by atoms with van der Waals surface area (Å²) in [6, 6.07) is 9.31. The molecule has 0 atom stereocenters. The van der Waals surface area contributed by atoms with Crippen molar-refractivity contribution in [1.29, 1.82) is 0 Å². The number of aromatic nitrogens is 2. The minimum Gasteiger partial charge on any atom is -0.331 e. The molecule has 164 valence electrons. The monoisotopic (exact) mass is 445 g/mol. The Kier molecular flexibility index (Phi) is 7.94. The molecule has 0 aliphatic rings. The Labute approximate surface area is 192 Å². The number of urea groups is 1. The molecular formula is C25H27N5OS. The van der Waals surface area contributed by atoms with Gasteiger partial charge >= 0.3 is 6.03 Å². The minimum atomic E-state index is -0.297. The Morgan fingerprint density at radius 1 is 1.19 bits per heavy atom. The van der Waals surface area contributed by atoms with Gasteiger partial charge in [-0.1, -0.05) is 30.4 Å². The fourth-order valence-electron chi connectivity index (χ4n) is 2.94. The molecule has 3 N–H and O–H groups in total. The molecule has 1 aromatic carbocycles. The first kappa shape index (κ1) is 23.0. The van der Waals surface area contributed by atoms with Gasteiger partial charge in [0.05, 0.1) is 5.69 Å². The van der Waals surface area contributed by atoms with Crippen LogP contribution in [0.25, 0.3) is 11.3 Å². The molecule has 0 radical (unpaired) electrons. The van der Waals surface area contributed by atoms with Crippen LogP contribution in [0, 0.1) is 6.92 Å². The second-order valence-electron chi connectivity index (χ2n) is 7.09. The van der Waals surface area contributed by atoms with Crippen molar-refractivity contribution in [2.75, 3.05) is 10.6 Å². The second kappa shape index (κ2) is 11.1. The Hall–Kier alpha value is -3.71. The molecule has 32 heavy (non-hydrogen) atoms. The molecule has 0 spiro atoms. The number of benzene rings is 1. The number of aryl methyl sites for hydroxylation is 1. The highest BCUT2D eigenvalue weighted by atomic mass is 32.1. The Morgan fingerprint density at radius 3 is 2.75 bits per heavy atom.